The van der Waals surface area contributed by atoms with Gasteiger partial charge >= 0.3 is 6.03 Å². The van der Waals surface area contributed by atoms with Gasteiger partial charge in [0.15, 0.2) is 0 Å². The lowest BCUT2D eigenvalue weighted by Gasteiger charge is -2.33. The number of rotatable bonds is 4. The summed E-state index contributed by atoms with van der Waals surface area (Å²) in [7, 11) is 1.61. The average Bonchev–Trinajstić information content (AvgIpc) is 2.94. The molecule has 3 atom stereocenters. The molecule has 4 amide bonds. The third-order valence-electron chi connectivity index (χ3n) is 6.77. The van der Waals surface area contributed by atoms with Gasteiger partial charge in [0.1, 0.15) is 18.4 Å². The first-order valence-electron chi connectivity index (χ1n) is 13.1. The van der Waals surface area contributed by atoms with Crippen molar-refractivity contribution in [3.63, 3.8) is 0 Å². The van der Waals surface area contributed by atoms with Crippen molar-refractivity contribution in [1.29, 1.82) is 0 Å². The van der Waals surface area contributed by atoms with Crippen molar-refractivity contribution in [2.24, 2.45) is 5.92 Å². The van der Waals surface area contributed by atoms with E-state index in [0.717, 1.165) is 17.5 Å². The van der Waals surface area contributed by atoms with Crippen LogP contribution in [-0.4, -0.2) is 66.6 Å². The number of urea groups is 1. The smallest absolute Gasteiger partial charge is 0.336 e. The Balaban J connectivity index is 1.89. The number of ether oxygens (including phenoxy) is 1. The molecule has 2 aromatic carbocycles. The highest BCUT2D eigenvalue weighted by Gasteiger charge is 2.32. The van der Waals surface area contributed by atoms with Gasteiger partial charge in [-0.05, 0) is 24.5 Å². The Bertz CT molecular complexity index is 1110. The highest BCUT2D eigenvalue weighted by molar-refractivity contribution is 5.90. The zero-order valence-corrected chi connectivity index (χ0v) is 22.6. The largest absolute Gasteiger partial charge is 0.492 e. The molecule has 0 saturated carbocycles. The molecule has 0 aliphatic carbocycles. The second kappa shape index (κ2) is 14.2. The Labute approximate surface area is 225 Å². The Kier molecular flexibility index (Phi) is 10.7. The molecule has 38 heavy (non-hydrogen) atoms. The van der Waals surface area contributed by atoms with E-state index in [-0.39, 0.29) is 24.9 Å². The number of hydrogen-bond acceptors (Lipinski definition) is 5. The number of hydrazine groups is 1. The number of amides is 4. The van der Waals surface area contributed by atoms with Gasteiger partial charge in [0.25, 0.3) is 5.91 Å². The van der Waals surface area contributed by atoms with Crippen molar-refractivity contribution < 1.29 is 19.1 Å². The van der Waals surface area contributed by atoms with Crippen molar-refractivity contribution >= 4 is 23.9 Å². The molecule has 0 spiro atoms. The minimum Gasteiger partial charge on any atom is -0.492 e. The van der Waals surface area contributed by atoms with E-state index in [2.05, 4.69) is 16.1 Å². The Morgan fingerprint density at radius 3 is 2.50 bits per heavy atom. The van der Waals surface area contributed by atoms with Crippen LogP contribution in [0.5, 0.6) is 5.75 Å². The Morgan fingerprint density at radius 2 is 1.76 bits per heavy atom. The van der Waals surface area contributed by atoms with Crippen LogP contribution in [0.1, 0.15) is 38.3 Å². The molecular weight excluding hydrogens is 482 g/mol. The maximum absolute atomic E-state index is 13.5. The predicted molar refractivity (Wildman–Crippen MR) is 148 cm³/mol. The minimum atomic E-state index is -0.802. The van der Waals surface area contributed by atoms with E-state index in [4.69, 9.17) is 4.74 Å². The summed E-state index contributed by atoms with van der Waals surface area (Å²) in [6, 6.07) is 15.3. The molecule has 9 nitrogen and oxygen atoms in total. The van der Waals surface area contributed by atoms with Crippen LogP contribution in [0.2, 0.25) is 0 Å². The highest BCUT2D eigenvalue weighted by atomic mass is 16.5. The third-order valence-corrected chi connectivity index (χ3v) is 6.77. The summed E-state index contributed by atoms with van der Waals surface area (Å²) in [5.41, 5.74) is 4.44. The summed E-state index contributed by atoms with van der Waals surface area (Å²) in [6.07, 6.45) is 4.50. The van der Waals surface area contributed by atoms with Crippen molar-refractivity contribution in [2.75, 3.05) is 26.7 Å². The van der Waals surface area contributed by atoms with Gasteiger partial charge < -0.3 is 20.3 Å². The Morgan fingerprint density at radius 1 is 1.05 bits per heavy atom. The normalized spacial score (nSPS) is 20.9. The van der Waals surface area contributed by atoms with Crippen LogP contribution in [-0.2, 0) is 16.1 Å². The molecule has 0 bridgehead atoms. The van der Waals surface area contributed by atoms with Crippen LogP contribution < -0.4 is 20.8 Å². The first-order valence-corrected chi connectivity index (χ1v) is 13.1. The van der Waals surface area contributed by atoms with E-state index >= 15 is 0 Å². The lowest BCUT2D eigenvalue weighted by Crippen LogP contribution is -2.58. The fourth-order valence-corrected chi connectivity index (χ4v) is 4.06. The van der Waals surface area contributed by atoms with Crippen LogP contribution in [0.15, 0.2) is 60.7 Å². The van der Waals surface area contributed by atoms with Crippen molar-refractivity contribution in [2.45, 2.75) is 45.8 Å². The average molecular weight is 522 g/mol. The number of nitrogens with one attached hydrogen (secondary N) is 3. The lowest BCUT2D eigenvalue weighted by atomic mass is 9.97. The zero-order valence-electron chi connectivity index (χ0n) is 22.6. The van der Waals surface area contributed by atoms with Crippen molar-refractivity contribution in [1.82, 2.24) is 26.0 Å². The van der Waals surface area contributed by atoms with Gasteiger partial charge in [-0.25, -0.2) is 9.80 Å². The maximum atomic E-state index is 13.5. The predicted octanol–water partition coefficient (Wildman–Crippen LogP) is 3.19. The molecule has 3 N–H and O–H groups in total. The molecule has 9 heteroatoms. The number of fused-ring (bicyclic) bond motifs is 1. The van der Waals surface area contributed by atoms with E-state index in [1.807, 2.05) is 80.6 Å². The van der Waals surface area contributed by atoms with Crippen LogP contribution in [0, 0.1) is 5.92 Å². The molecule has 1 unspecified atom stereocenters. The monoisotopic (exact) mass is 521 g/mol. The third kappa shape index (κ3) is 7.82. The van der Waals surface area contributed by atoms with Gasteiger partial charge in [-0.2, -0.15) is 0 Å². The van der Waals surface area contributed by atoms with Gasteiger partial charge in [-0.15, -0.1) is 0 Å². The first-order chi connectivity index (χ1) is 18.3. The molecule has 0 radical (unpaired) electrons. The molecule has 1 aliphatic rings. The molecule has 3 rings (SSSR count). The van der Waals surface area contributed by atoms with Gasteiger partial charge in [0, 0.05) is 25.7 Å². The SMILES string of the molecule is CCC(C)[C@@H]1NCCOc2ccccc2C=CCNC(=O)N(Cc2ccccc2)NC(=O)[C@@H](C)N(C)C1=O. The molecule has 0 saturated heterocycles. The molecule has 1 aliphatic heterocycles. The van der Waals surface area contributed by atoms with Gasteiger partial charge in [-0.1, -0.05) is 81.0 Å². The minimum absolute atomic E-state index is 0.0429. The molecule has 1 heterocycles. The summed E-state index contributed by atoms with van der Waals surface area (Å²) in [6.45, 7) is 6.94. The van der Waals surface area contributed by atoms with E-state index in [1.54, 1.807) is 14.0 Å². The van der Waals surface area contributed by atoms with E-state index in [9.17, 15) is 14.4 Å². The number of carbonyl (C=O) groups excluding carboxylic acids is 3. The van der Waals surface area contributed by atoms with E-state index in [1.165, 1.54) is 9.91 Å². The molecule has 2 aromatic rings. The van der Waals surface area contributed by atoms with Gasteiger partial charge in [0.05, 0.1) is 12.6 Å². The van der Waals surface area contributed by atoms with E-state index < -0.39 is 24.0 Å². The summed E-state index contributed by atoms with van der Waals surface area (Å²) in [5, 5.41) is 7.40. The van der Waals surface area contributed by atoms with Crippen molar-refractivity contribution in [3.05, 3.63) is 71.8 Å². The molecule has 0 aromatic heterocycles. The number of likely N-dealkylation sites (N-methyl/N-ethyl adjacent to an activating group) is 1. The topological polar surface area (TPSA) is 103 Å². The fraction of sp³-hybridized carbons (Fsp3) is 0.414. The lowest BCUT2D eigenvalue weighted by molar-refractivity contribution is -0.142. The highest BCUT2D eigenvalue weighted by Crippen LogP contribution is 2.19. The van der Waals surface area contributed by atoms with E-state index in [0.29, 0.717) is 18.9 Å². The number of nitrogens with zero attached hydrogens (tertiary/aromatic N) is 2. The molecular formula is C29H39N5O4. The molecule has 0 fully saturated rings. The summed E-state index contributed by atoms with van der Waals surface area (Å²) in [4.78, 5) is 41.2. The van der Waals surface area contributed by atoms with Gasteiger partial charge in [0.2, 0.25) is 5.91 Å². The fourth-order valence-electron chi connectivity index (χ4n) is 4.06. The van der Waals surface area contributed by atoms with Crippen LogP contribution >= 0.6 is 0 Å². The molecule has 204 valence electrons. The standard InChI is InChI=1S/C29H39N5O4/c1-5-21(2)26-28(36)33(4)22(3)27(35)32-34(20-23-12-7-6-8-13-23)29(37)31-17-11-15-24-14-9-10-16-25(24)38-19-18-30-26/h6-16,21-22,26,30H,5,17-20H2,1-4H3,(H,31,37)(H,32,35)/t21?,22-,26+/m1/s1. The van der Waals surface area contributed by atoms with Crippen molar-refractivity contribution in [3.8, 4) is 5.75 Å². The number of hydrogen-bond donors (Lipinski definition) is 3. The summed E-state index contributed by atoms with van der Waals surface area (Å²) >= 11 is 0. The van der Waals surface area contributed by atoms with Crippen LogP contribution in [0.3, 0.4) is 0 Å². The number of benzene rings is 2. The summed E-state index contributed by atoms with van der Waals surface area (Å²) < 4.78 is 6.00. The first kappa shape index (κ1) is 28.7. The van der Waals surface area contributed by atoms with Crippen LogP contribution in [0.25, 0.3) is 6.08 Å². The quantitative estimate of drug-likeness (QED) is 0.574. The van der Waals surface area contributed by atoms with Crippen LogP contribution in [0.4, 0.5) is 4.79 Å². The van der Waals surface area contributed by atoms with Gasteiger partial charge in [-0.3, -0.25) is 15.0 Å². The Hall–Kier alpha value is -3.85. The maximum Gasteiger partial charge on any atom is 0.336 e. The second-order valence-corrected chi connectivity index (χ2v) is 9.46. The number of para-hydroxylation sites is 1. The second-order valence-electron chi connectivity index (χ2n) is 9.46. The number of carbonyl (C=O) groups is 3. The zero-order chi connectivity index (χ0) is 27.5. The summed E-state index contributed by atoms with van der Waals surface area (Å²) in [5.74, 6) is 0.115.